The number of urea groups is 1. The van der Waals surface area contributed by atoms with Crippen molar-refractivity contribution in [2.75, 3.05) is 12.9 Å². The molecule has 0 radical (unpaired) electrons. The van der Waals surface area contributed by atoms with Crippen molar-refractivity contribution in [3.63, 3.8) is 0 Å². The summed E-state index contributed by atoms with van der Waals surface area (Å²) in [6.07, 6.45) is 2.74. The van der Waals surface area contributed by atoms with E-state index in [1.807, 2.05) is 97.1 Å². The standard InChI is InChI=1S/C41H42N4O6S/c1-27-36(26-52-41-42-19-8-20-43-41)50-39(51-37(27)31-17-15-29(25-46)16-18-31)34-14-7-13-33(23-34)32-12-6-11-30(21-32)24-44-40(48)45-35(38(47)49-2)22-28-9-4-3-5-10-28/h3-21,23,27,35-37,39,46H,22,24-26H2,1-2H3,(H2,44,45,48). The average molecular weight is 719 g/mol. The highest BCUT2D eigenvalue weighted by atomic mass is 32.2. The lowest BCUT2D eigenvalue weighted by atomic mass is 9.91. The molecule has 52 heavy (non-hydrogen) atoms. The molecule has 3 N–H and O–H groups in total. The van der Waals surface area contributed by atoms with E-state index >= 15 is 0 Å². The van der Waals surface area contributed by atoms with Crippen LogP contribution in [0.3, 0.4) is 0 Å². The molecule has 0 spiro atoms. The highest BCUT2D eigenvalue weighted by molar-refractivity contribution is 7.99. The number of hydrogen-bond donors (Lipinski definition) is 3. The van der Waals surface area contributed by atoms with Gasteiger partial charge in [-0.1, -0.05) is 110 Å². The maximum Gasteiger partial charge on any atom is 0.328 e. The number of nitrogens with one attached hydrogen (secondary N) is 2. The van der Waals surface area contributed by atoms with Crippen LogP contribution in [0.4, 0.5) is 4.79 Å². The minimum Gasteiger partial charge on any atom is -0.467 e. The molecule has 1 aliphatic heterocycles. The summed E-state index contributed by atoms with van der Waals surface area (Å²) in [6.45, 7) is 2.37. The van der Waals surface area contributed by atoms with Gasteiger partial charge in [0.15, 0.2) is 11.4 Å². The van der Waals surface area contributed by atoms with Crippen molar-refractivity contribution in [1.82, 2.24) is 20.6 Å². The van der Waals surface area contributed by atoms with E-state index in [0.717, 1.165) is 38.9 Å². The summed E-state index contributed by atoms with van der Waals surface area (Å²) in [5, 5.41) is 15.9. The maximum absolute atomic E-state index is 12.9. The van der Waals surface area contributed by atoms with Crippen LogP contribution in [0, 0.1) is 5.92 Å². The lowest BCUT2D eigenvalue weighted by Crippen LogP contribution is -2.47. The Balaban J connectivity index is 1.15. The molecular weight excluding hydrogens is 677 g/mol. The third kappa shape index (κ3) is 9.62. The molecule has 6 rings (SSSR count). The predicted octanol–water partition coefficient (Wildman–Crippen LogP) is 6.80. The molecule has 268 valence electrons. The molecule has 5 atom stereocenters. The Kier molecular flexibility index (Phi) is 12.7. The Labute approximate surface area is 308 Å². The molecule has 4 aromatic carbocycles. The van der Waals surface area contributed by atoms with Gasteiger partial charge in [0.1, 0.15) is 6.04 Å². The Bertz CT molecular complexity index is 1910. The Morgan fingerprint density at radius 2 is 1.54 bits per heavy atom. The second-order valence-electron chi connectivity index (χ2n) is 12.6. The number of rotatable bonds is 13. The normalized spacial score (nSPS) is 19.0. The summed E-state index contributed by atoms with van der Waals surface area (Å²) in [6, 6.07) is 33.9. The van der Waals surface area contributed by atoms with Gasteiger partial charge in [0.2, 0.25) is 0 Å². The van der Waals surface area contributed by atoms with Crippen LogP contribution in [-0.4, -0.2) is 52.1 Å². The number of carbonyl (C=O) groups is 2. The van der Waals surface area contributed by atoms with Gasteiger partial charge in [0, 0.05) is 42.6 Å². The summed E-state index contributed by atoms with van der Waals surface area (Å²) in [5.41, 5.74) is 6.47. The number of aliphatic hydroxyl groups excluding tert-OH is 1. The molecule has 1 aromatic heterocycles. The number of thioether (sulfide) groups is 1. The molecule has 1 aliphatic rings. The molecule has 10 nitrogen and oxygen atoms in total. The van der Waals surface area contributed by atoms with Gasteiger partial charge in [0.05, 0.1) is 25.9 Å². The van der Waals surface area contributed by atoms with E-state index in [2.05, 4.69) is 33.6 Å². The number of aliphatic hydroxyl groups is 1. The summed E-state index contributed by atoms with van der Waals surface area (Å²) in [4.78, 5) is 34.0. The lowest BCUT2D eigenvalue weighted by Gasteiger charge is -2.41. The van der Waals surface area contributed by atoms with Gasteiger partial charge < -0.3 is 30.0 Å². The summed E-state index contributed by atoms with van der Waals surface area (Å²) < 4.78 is 18.3. The van der Waals surface area contributed by atoms with E-state index in [4.69, 9.17) is 14.2 Å². The number of benzene rings is 4. The zero-order chi connectivity index (χ0) is 36.3. The van der Waals surface area contributed by atoms with Gasteiger partial charge in [0.25, 0.3) is 0 Å². The van der Waals surface area contributed by atoms with Crippen LogP contribution in [-0.2, 0) is 38.6 Å². The van der Waals surface area contributed by atoms with E-state index in [9.17, 15) is 14.7 Å². The number of hydrogen-bond acceptors (Lipinski definition) is 9. The first kappa shape index (κ1) is 36.7. The van der Waals surface area contributed by atoms with Crippen LogP contribution in [0.25, 0.3) is 11.1 Å². The van der Waals surface area contributed by atoms with E-state index in [-0.39, 0.29) is 31.3 Å². The molecule has 11 heteroatoms. The number of methoxy groups -OCH3 is 1. The first-order valence-electron chi connectivity index (χ1n) is 17.2. The van der Waals surface area contributed by atoms with Gasteiger partial charge in [-0.05, 0) is 51.6 Å². The zero-order valence-corrected chi connectivity index (χ0v) is 29.9. The molecule has 5 aromatic rings. The number of amides is 2. The first-order valence-corrected chi connectivity index (χ1v) is 18.1. The van der Waals surface area contributed by atoms with Crippen LogP contribution < -0.4 is 10.6 Å². The maximum atomic E-state index is 12.9. The summed E-state index contributed by atoms with van der Waals surface area (Å²) in [7, 11) is 1.31. The topological polar surface area (TPSA) is 132 Å². The quantitative estimate of drug-likeness (QED) is 0.0683. The largest absolute Gasteiger partial charge is 0.467 e. The minimum absolute atomic E-state index is 0.0225. The van der Waals surface area contributed by atoms with Crippen molar-refractivity contribution >= 4 is 23.8 Å². The van der Waals surface area contributed by atoms with E-state index in [1.54, 1.807) is 30.2 Å². The van der Waals surface area contributed by atoms with E-state index in [1.165, 1.54) is 7.11 Å². The summed E-state index contributed by atoms with van der Waals surface area (Å²) in [5.74, 6) is 0.159. The van der Waals surface area contributed by atoms with Gasteiger partial charge in [-0.25, -0.2) is 19.6 Å². The van der Waals surface area contributed by atoms with Gasteiger partial charge in [-0.15, -0.1) is 0 Å². The minimum atomic E-state index is -0.821. The molecule has 1 fully saturated rings. The molecule has 2 amide bonds. The van der Waals surface area contributed by atoms with Crippen LogP contribution >= 0.6 is 11.8 Å². The Morgan fingerprint density at radius 1 is 0.827 bits per heavy atom. The summed E-state index contributed by atoms with van der Waals surface area (Å²) >= 11 is 1.55. The predicted molar refractivity (Wildman–Crippen MR) is 199 cm³/mol. The Hall–Kier alpha value is -5.07. The van der Waals surface area contributed by atoms with E-state index < -0.39 is 24.3 Å². The van der Waals surface area contributed by atoms with E-state index in [0.29, 0.717) is 17.3 Å². The molecule has 2 heterocycles. The zero-order valence-electron chi connectivity index (χ0n) is 29.1. The van der Waals surface area contributed by atoms with Crippen molar-refractivity contribution in [2.45, 2.75) is 56.2 Å². The second-order valence-corrected chi connectivity index (χ2v) is 13.6. The fraction of sp³-hybridized carbons (Fsp3) is 0.268. The molecule has 0 bridgehead atoms. The molecule has 1 saturated heterocycles. The van der Waals surface area contributed by atoms with Crippen LogP contribution in [0.1, 0.15) is 47.1 Å². The second kappa shape index (κ2) is 17.9. The smallest absolute Gasteiger partial charge is 0.328 e. The molecule has 5 unspecified atom stereocenters. The highest BCUT2D eigenvalue weighted by Crippen LogP contribution is 2.43. The number of esters is 1. The van der Waals surface area contributed by atoms with Crippen molar-refractivity contribution in [3.05, 3.63) is 149 Å². The third-order valence-electron chi connectivity index (χ3n) is 8.99. The van der Waals surface area contributed by atoms with Crippen molar-refractivity contribution < 1.29 is 28.9 Å². The van der Waals surface area contributed by atoms with Crippen LogP contribution in [0.5, 0.6) is 0 Å². The molecule has 0 aliphatic carbocycles. The number of nitrogens with zero attached hydrogens (tertiary/aromatic N) is 2. The number of aromatic nitrogens is 2. The van der Waals surface area contributed by atoms with Crippen LogP contribution in [0.15, 0.2) is 127 Å². The van der Waals surface area contributed by atoms with Crippen LogP contribution in [0.2, 0.25) is 0 Å². The monoisotopic (exact) mass is 718 g/mol. The average Bonchev–Trinajstić information content (AvgIpc) is 3.20. The van der Waals surface area contributed by atoms with Crippen molar-refractivity contribution in [2.24, 2.45) is 5.92 Å². The number of ether oxygens (including phenoxy) is 3. The molecular formula is C41H42N4O6S. The third-order valence-corrected chi connectivity index (χ3v) is 9.95. The first-order chi connectivity index (χ1) is 25.4. The van der Waals surface area contributed by atoms with Crippen molar-refractivity contribution in [1.29, 1.82) is 0 Å². The van der Waals surface area contributed by atoms with Gasteiger partial charge in [-0.3, -0.25) is 0 Å². The fourth-order valence-corrected chi connectivity index (χ4v) is 7.10. The Morgan fingerprint density at radius 3 is 2.27 bits per heavy atom. The van der Waals surface area contributed by atoms with Gasteiger partial charge in [-0.2, -0.15) is 0 Å². The highest BCUT2D eigenvalue weighted by Gasteiger charge is 2.38. The molecule has 0 saturated carbocycles. The van der Waals surface area contributed by atoms with Crippen molar-refractivity contribution in [3.8, 4) is 11.1 Å². The van der Waals surface area contributed by atoms with Gasteiger partial charge >= 0.3 is 12.0 Å². The SMILES string of the molecule is COC(=O)C(Cc1ccccc1)NC(=O)NCc1cccc(-c2cccc(C3OC(CSc4ncccn4)C(C)C(c4ccc(CO)cc4)O3)c2)c1. The number of carbonyl (C=O) groups excluding carboxylic acids is 2. The lowest BCUT2D eigenvalue weighted by molar-refractivity contribution is -0.268. The fourth-order valence-electron chi connectivity index (χ4n) is 6.13.